The molecular formula is C8H11Cl. The van der Waals surface area contributed by atoms with Gasteiger partial charge in [-0.25, -0.2) is 0 Å². The molecule has 9 heavy (non-hydrogen) atoms. The van der Waals surface area contributed by atoms with E-state index in [1.807, 2.05) is 0 Å². The highest BCUT2D eigenvalue weighted by Gasteiger charge is 2.43. The minimum atomic E-state index is 0.353. The first-order valence-electron chi connectivity index (χ1n) is 3.64. The maximum absolute atomic E-state index is 6.08. The molecule has 50 valence electrons. The SMILES string of the molecule is ClC1C=CCC12CCC2. The van der Waals surface area contributed by atoms with E-state index < -0.39 is 0 Å². The molecule has 1 unspecified atom stereocenters. The second-order valence-corrected chi connectivity index (χ2v) is 3.72. The number of hydrogen-bond acceptors (Lipinski definition) is 0. The summed E-state index contributed by atoms with van der Waals surface area (Å²) in [5, 5.41) is 0.353. The summed E-state index contributed by atoms with van der Waals surface area (Å²) in [7, 11) is 0. The molecular weight excluding hydrogens is 132 g/mol. The van der Waals surface area contributed by atoms with Gasteiger partial charge in [-0.3, -0.25) is 0 Å². The number of hydrogen-bond donors (Lipinski definition) is 0. The highest BCUT2D eigenvalue weighted by molar-refractivity contribution is 6.22. The van der Waals surface area contributed by atoms with Crippen LogP contribution in [-0.2, 0) is 0 Å². The molecule has 0 heterocycles. The predicted octanol–water partition coefficient (Wildman–Crippen LogP) is 2.72. The zero-order chi connectivity index (χ0) is 6.32. The third-order valence-electron chi connectivity index (χ3n) is 2.76. The van der Waals surface area contributed by atoms with Crippen LogP contribution in [0.3, 0.4) is 0 Å². The van der Waals surface area contributed by atoms with Crippen molar-refractivity contribution in [3.05, 3.63) is 12.2 Å². The highest BCUT2D eigenvalue weighted by Crippen LogP contribution is 2.52. The summed E-state index contributed by atoms with van der Waals surface area (Å²) in [5.74, 6) is 0. The van der Waals surface area contributed by atoms with Gasteiger partial charge in [0.05, 0.1) is 5.38 Å². The van der Waals surface area contributed by atoms with Gasteiger partial charge in [-0.2, -0.15) is 0 Å². The van der Waals surface area contributed by atoms with Crippen LogP contribution in [0.2, 0.25) is 0 Å². The Morgan fingerprint density at radius 3 is 2.44 bits per heavy atom. The standard InChI is InChI=1S/C8H11Cl/c9-7-3-1-4-8(7)5-2-6-8/h1,3,7H,2,4-6H2. The molecule has 0 aromatic carbocycles. The zero-order valence-electron chi connectivity index (χ0n) is 5.44. The topological polar surface area (TPSA) is 0 Å². The van der Waals surface area contributed by atoms with E-state index in [4.69, 9.17) is 11.6 Å². The highest BCUT2D eigenvalue weighted by atomic mass is 35.5. The molecule has 2 aliphatic rings. The maximum Gasteiger partial charge on any atom is 0.0575 e. The first-order chi connectivity index (χ1) is 4.33. The van der Waals surface area contributed by atoms with Crippen LogP contribution in [0.5, 0.6) is 0 Å². The first kappa shape index (κ1) is 5.79. The summed E-state index contributed by atoms with van der Waals surface area (Å²) in [6, 6.07) is 0. The molecule has 0 saturated heterocycles. The minimum absolute atomic E-state index is 0.353. The van der Waals surface area contributed by atoms with Crippen LogP contribution < -0.4 is 0 Å². The summed E-state index contributed by atoms with van der Waals surface area (Å²) in [6.45, 7) is 0. The quantitative estimate of drug-likeness (QED) is 0.361. The molecule has 2 aliphatic carbocycles. The van der Waals surface area contributed by atoms with Crippen molar-refractivity contribution in [1.82, 2.24) is 0 Å². The lowest BCUT2D eigenvalue weighted by molar-refractivity contribution is 0.157. The van der Waals surface area contributed by atoms with Crippen LogP contribution in [0.1, 0.15) is 25.7 Å². The van der Waals surface area contributed by atoms with Crippen LogP contribution in [0, 0.1) is 5.41 Å². The molecule has 1 fully saturated rings. The molecule has 0 amide bonds. The van der Waals surface area contributed by atoms with Gasteiger partial charge in [-0.15, -0.1) is 11.6 Å². The van der Waals surface area contributed by atoms with Gasteiger partial charge in [0.15, 0.2) is 0 Å². The van der Waals surface area contributed by atoms with E-state index in [1.54, 1.807) is 0 Å². The Bertz CT molecular complexity index is 145. The van der Waals surface area contributed by atoms with Gasteiger partial charge in [0.25, 0.3) is 0 Å². The van der Waals surface area contributed by atoms with Crippen molar-refractivity contribution in [3.63, 3.8) is 0 Å². The Hall–Kier alpha value is 0.0300. The Balaban J connectivity index is 2.13. The second kappa shape index (κ2) is 1.76. The number of alkyl halides is 1. The predicted molar refractivity (Wildman–Crippen MR) is 39.7 cm³/mol. The molecule has 0 nitrogen and oxygen atoms in total. The van der Waals surface area contributed by atoms with Crippen LogP contribution >= 0.6 is 11.6 Å². The fourth-order valence-corrected chi connectivity index (χ4v) is 2.26. The lowest BCUT2D eigenvalue weighted by Gasteiger charge is -2.41. The van der Waals surface area contributed by atoms with E-state index in [9.17, 15) is 0 Å². The van der Waals surface area contributed by atoms with E-state index in [-0.39, 0.29) is 0 Å². The van der Waals surface area contributed by atoms with Gasteiger partial charge in [-0.1, -0.05) is 18.6 Å². The Labute approximate surface area is 60.9 Å². The van der Waals surface area contributed by atoms with E-state index >= 15 is 0 Å². The Morgan fingerprint density at radius 2 is 2.22 bits per heavy atom. The summed E-state index contributed by atoms with van der Waals surface area (Å²) in [6.07, 6.45) is 9.73. The lowest BCUT2D eigenvalue weighted by atomic mass is 9.67. The van der Waals surface area contributed by atoms with E-state index in [0.29, 0.717) is 10.8 Å². The zero-order valence-corrected chi connectivity index (χ0v) is 6.19. The lowest BCUT2D eigenvalue weighted by Crippen LogP contribution is -2.33. The van der Waals surface area contributed by atoms with E-state index in [2.05, 4.69) is 12.2 Å². The van der Waals surface area contributed by atoms with E-state index in [0.717, 1.165) is 0 Å². The molecule has 2 rings (SSSR count). The summed E-state index contributed by atoms with van der Waals surface area (Å²) in [4.78, 5) is 0. The van der Waals surface area contributed by atoms with Crippen LogP contribution in [-0.4, -0.2) is 5.38 Å². The summed E-state index contributed by atoms with van der Waals surface area (Å²) >= 11 is 6.08. The molecule has 0 aliphatic heterocycles. The fourth-order valence-electron chi connectivity index (χ4n) is 1.85. The third kappa shape index (κ3) is 0.660. The monoisotopic (exact) mass is 142 g/mol. The van der Waals surface area contributed by atoms with Gasteiger partial charge in [-0.05, 0) is 24.7 Å². The van der Waals surface area contributed by atoms with Crippen molar-refractivity contribution in [2.75, 3.05) is 0 Å². The average Bonchev–Trinajstić information content (AvgIpc) is 2.07. The van der Waals surface area contributed by atoms with Crippen LogP contribution in [0.25, 0.3) is 0 Å². The Morgan fingerprint density at radius 1 is 1.44 bits per heavy atom. The van der Waals surface area contributed by atoms with Crippen molar-refractivity contribution in [3.8, 4) is 0 Å². The molecule has 1 atom stereocenters. The maximum atomic E-state index is 6.08. The molecule has 0 aromatic rings. The van der Waals surface area contributed by atoms with Crippen LogP contribution in [0.15, 0.2) is 12.2 Å². The summed E-state index contributed by atoms with van der Waals surface area (Å²) in [5.41, 5.74) is 0.529. The number of rotatable bonds is 0. The second-order valence-electron chi connectivity index (χ2n) is 3.25. The molecule has 1 saturated carbocycles. The minimum Gasteiger partial charge on any atom is -0.118 e. The third-order valence-corrected chi connectivity index (χ3v) is 3.37. The molecule has 0 bridgehead atoms. The fraction of sp³-hybridized carbons (Fsp3) is 0.750. The van der Waals surface area contributed by atoms with Gasteiger partial charge in [0.2, 0.25) is 0 Å². The van der Waals surface area contributed by atoms with Crippen molar-refractivity contribution < 1.29 is 0 Å². The van der Waals surface area contributed by atoms with Gasteiger partial charge >= 0.3 is 0 Å². The smallest absolute Gasteiger partial charge is 0.0575 e. The Kier molecular flexibility index (Phi) is 1.13. The average molecular weight is 143 g/mol. The number of allylic oxidation sites excluding steroid dienone is 2. The normalized spacial score (nSPS) is 37.2. The van der Waals surface area contributed by atoms with Crippen LogP contribution in [0.4, 0.5) is 0 Å². The van der Waals surface area contributed by atoms with Gasteiger partial charge in [0, 0.05) is 0 Å². The molecule has 1 spiro atoms. The largest absolute Gasteiger partial charge is 0.118 e. The van der Waals surface area contributed by atoms with Crippen molar-refractivity contribution in [1.29, 1.82) is 0 Å². The molecule has 0 aromatic heterocycles. The summed E-state index contributed by atoms with van der Waals surface area (Å²) < 4.78 is 0. The molecule has 1 heteroatoms. The molecule has 0 N–H and O–H groups in total. The van der Waals surface area contributed by atoms with Crippen molar-refractivity contribution in [2.45, 2.75) is 31.1 Å². The number of halogens is 1. The first-order valence-corrected chi connectivity index (χ1v) is 4.08. The van der Waals surface area contributed by atoms with Gasteiger partial charge in [0.1, 0.15) is 0 Å². The van der Waals surface area contributed by atoms with Crippen molar-refractivity contribution in [2.24, 2.45) is 5.41 Å². The van der Waals surface area contributed by atoms with Gasteiger partial charge < -0.3 is 0 Å². The molecule has 0 radical (unpaired) electrons. The van der Waals surface area contributed by atoms with E-state index in [1.165, 1.54) is 25.7 Å². The van der Waals surface area contributed by atoms with Crippen molar-refractivity contribution >= 4 is 11.6 Å².